The Morgan fingerprint density at radius 1 is 1.21 bits per heavy atom. The lowest BCUT2D eigenvalue weighted by molar-refractivity contribution is -0.134. The second-order valence-electron chi connectivity index (χ2n) is 8.84. The normalized spacial score (nSPS) is 24.3. The summed E-state index contributed by atoms with van der Waals surface area (Å²) in [7, 11) is 0. The Labute approximate surface area is 166 Å². The molecular weight excluding hydrogens is 354 g/mol. The number of rotatable bonds is 3. The molecule has 3 heterocycles. The zero-order valence-corrected chi connectivity index (χ0v) is 17.2. The maximum absolute atomic E-state index is 13.5. The summed E-state index contributed by atoms with van der Waals surface area (Å²) < 4.78 is 7.44. The van der Waals surface area contributed by atoms with Crippen LogP contribution in [-0.2, 0) is 11.3 Å². The van der Waals surface area contributed by atoms with Gasteiger partial charge in [-0.15, -0.1) is 0 Å². The van der Waals surface area contributed by atoms with E-state index >= 15 is 0 Å². The van der Waals surface area contributed by atoms with Crippen molar-refractivity contribution in [3.63, 3.8) is 0 Å². The topological polar surface area (TPSA) is 67.5 Å². The number of nitrogens with one attached hydrogen (secondary N) is 1. The number of carbonyl (C=O) groups excluding carboxylic acids is 2. The number of amides is 2. The van der Waals surface area contributed by atoms with Gasteiger partial charge in [0.1, 0.15) is 11.2 Å². The smallest absolute Gasteiger partial charge is 0.271 e. The van der Waals surface area contributed by atoms with Gasteiger partial charge in [0.15, 0.2) is 5.58 Å². The Morgan fingerprint density at radius 3 is 2.57 bits per heavy atom. The molecule has 6 heteroatoms. The molecule has 1 atom stereocenters. The number of hydrogen-bond acceptors (Lipinski definition) is 3. The van der Waals surface area contributed by atoms with Gasteiger partial charge < -0.3 is 19.2 Å². The lowest BCUT2D eigenvalue weighted by Gasteiger charge is -2.46. The predicted molar refractivity (Wildman–Crippen MR) is 108 cm³/mol. The van der Waals surface area contributed by atoms with Crippen molar-refractivity contribution in [2.75, 3.05) is 0 Å². The molecule has 1 N–H and O–H groups in total. The molecule has 0 saturated heterocycles. The average molecular weight is 386 g/mol. The summed E-state index contributed by atoms with van der Waals surface area (Å²) in [4.78, 5) is 28.6. The fraction of sp³-hybridized carbons (Fsp3) is 0.636. The largest absolute Gasteiger partial charge is 0.463 e. The highest BCUT2D eigenvalue weighted by Gasteiger charge is 2.49. The summed E-state index contributed by atoms with van der Waals surface area (Å²) in [6, 6.07) is 3.79. The zero-order chi connectivity index (χ0) is 19.9. The van der Waals surface area contributed by atoms with E-state index in [9.17, 15) is 9.59 Å². The lowest BCUT2D eigenvalue weighted by atomic mass is 9.91. The summed E-state index contributed by atoms with van der Waals surface area (Å²) >= 11 is 0. The first kappa shape index (κ1) is 19.1. The molecular formula is C22H31N3O3. The third-order valence-corrected chi connectivity index (χ3v) is 6.40. The van der Waals surface area contributed by atoms with Crippen LogP contribution < -0.4 is 5.32 Å². The van der Waals surface area contributed by atoms with Crippen LogP contribution in [0.1, 0.15) is 76.2 Å². The third-order valence-electron chi connectivity index (χ3n) is 6.40. The standard InChI is InChI=1S/C22H31N3O3/c1-15(2)25-20(26)18-13-19-17(11-12-28-19)24(18)14-22(25,3)21(27)23-16-9-7-5-4-6-8-10-16/h11-13,15-16H,4-10,14H2,1-3H3,(H,23,27). The second-order valence-corrected chi connectivity index (χ2v) is 8.84. The molecule has 4 rings (SSSR count). The monoisotopic (exact) mass is 385 g/mol. The third kappa shape index (κ3) is 3.12. The van der Waals surface area contributed by atoms with Gasteiger partial charge in [-0.3, -0.25) is 9.59 Å². The van der Waals surface area contributed by atoms with E-state index in [2.05, 4.69) is 5.32 Å². The Kier molecular flexibility index (Phi) is 4.98. The van der Waals surface area contributed by atoms with Crippen molar-refractivity contribution < 1.29 is 14.0 Å². The number of hydrogen-bond donors (Lipinski definition) is 1. The molecule has 0 radical (unpaired) electrons. The van der Waals surface area contributed by atoms with E-state index in [4.69, 9.17) is 4.42 Å². The molecule has 1 saturated carbocycles. The van der Waals surface area contributed by atoms with Crippen LogP contribution in [0, 0.1) is 0 Å². The van der Waals surface area contributed by atoms with Gasteiger partial charge in [0.25, 0.3) is 5.91 Å². The SMILES string of the molecule is CC(C)N1C(=O)c2cc3occc3n2CC1(C)C(=O)NC1CCCCCCC1. The number of furan rings is 1. The Hall–Kier alpha value is -2.24. The van der Waals surface area contributed by atoms with E-state index in [-0.39, 0.29) is 23.9 Å². The van der Waals surface area contributed by atoms with Gasteiger partial charge in [-0.2, -0.15) is 0 Å². The fourth-order valence-corrected chi connectivity index (χ4v) is 4.98. The predicted octanol–water partition coefficient (Wildman–Crippen LogP) is 4.09. The van der Waals surface area contributed by atoms with E-state index in [1.165, 1.54) is 19.3 Å². The van der Waals surface area contributed by atoms with Gasteiger partial charge in [-0.25, -0.2) is 0 Å². The van der Waals surface area contributed by atoms with Crippen molar-refractivity contribution in [2.24, 2.45) is 0 Å². The van der Waals surface area contributed by atoms with E-state index in [1.807, 2.05) is 31.4 Å². The van der Waals surface area contributed by atoms with Crippen LogP contribution in [0.4, 0.5) is 0 Å². The summed E-state index contributed by atoms with van der Waals surface area (Å²) in [6.07, 6.45) is 9.78. The molecule has 2 aromatic rings. The minimum atomic E-state index is -0.927. The van der Waals surface area contributed by atoms with Crippen LogP contribution in [0.25, 0.3) is 11.1 Å². The van der Waals surface area contributed by atoms with Crippen LogP contribution in [0.2, 0.25) is 0 Å². The van der Waals surface area contributed by atoms with Crippen molar-refractivity contribution in [1.29, 1.82) is 0 Å². The molecule has 1 unspecified atom stereocenters. The number of fused-ring (bicyclic) bond motifs is 3. The summed E-state index contributed by atoms with van der Waals surface area (Å²) in [6.45, 7) is 6.29. The van der Waals surface area contributed by atoms with Crippen molar-refractivity contribution in [3.8, 4) is 0 Å². The Bertz CT molecular complexity index is 873. The maximum atomic E-state index is 13.5. The van der Waals surface area contributed by atoms with Crippen LogP contribution in [-0.4, -0.2) is 38.9 Å². The first-order valence-electron chi connectivity index (χ1n) is 10.6. The lowest BCUT2D eigenvalue weighted by Crippen LogP contribution is -2.66. The van der Waals surface area contributed by atoms with Crippen LogP contribution in [0.3, 0.4) is 0 Å². The molecule has 6 nitrogen and oxygen atoms in total. The van der Waals surface area contributed by atoms with Gasteiger partial charge in [0, 0.05) is 24.2 Å². The molecule has 28 heavy (non-hydrogen) atoms. The van der Waals surface area contributed by atoms with Gasteiger partial charge in [0.2, 0.25) is 5.91 Å². The van der Waals surface area contributed by atoms with Crippen LogP contribution in [0.5, 0.6) is 0 Å². The van der Waals surface area contributed by atoms with E-state index in [1.54, 1.807) is 17.2 Å². The van der Waals surface area contributed by atoms with E-state index < -0.39 is 5.54 Å². The number of aromatic nitrogens is 1. The van der Waals surface area contributed by atoms with Gasteiger partial charge >= 0.3 is 0 Å². The summed E-state index contributed by atoms with van der Waals surface area (Å²) in [5.74, 6) is -0.154. The van der Waals surface area contributed by atoms with Crippen LogP contribution >= 0.6 is 0 Å². The van der Waals surface area contributed by atoms with Crippen molar-refractivity contribution in [1.82, 2.24) is 14.8 Å². The highest BCUT2D eigenvalue weighted by Crippen LogP contribution is 2.34. The van der Waals surface area contributed by atoms with Gasteiger partial charge in [-0.05, 0) is 33.6 Å². The van der Waals surface area contributed by atoms with Crippen molar-refractivity contribution in [3.05, 3.63) is 24.1 Å². The quantitative estimate of drug-likeness (QED) is 0.865. The zero-order valence-electron chi connectivity index (χ0n) is 17.2. The molecule has 152 valence electrons. The molecule has 1 aliphatic heterocycles. The van der Waals surface area contributed by atoms with Gasteiger partial charge in [0.05, 0.1) is 18.3 Å². The second kappa shape index (κ2) is 7.30. The summed E-state index contributed by atoms with van der Waals surface area (Å²) in [5, 5.41) is 3.30. The molecule has 2 aliphatic rings. The highest BCUT2D eigenvalue weighted by atomic mass is 16.3. The van der Waals surface area contributed by atoms with Crippen molar-refractivity contribution in [2.45, 2.75) is 89.9 Å². The molecule has 2 aromatic heterocycles. The molecule has 0 spiro atoms. The molecule has 1 fully saturated rings. The first-order valence-corrected chi connectivity index (χ1v) is 10.6. The van der Waals surface area contributed by atoms with Crippen molar-refractivity contribution >= 4 is 22.9 Å². The van der Waals surface area contributed by atoms with Crippen LogP contribution in [0.15, 0.2) is 22.8 Å². The molecule has 0 bridgehead atoms. The Balaban J connectivity index is 1.65. The average Bonchev–Trinajstić information content (AvgIpc) is 3.19. The molecule has 1 aliphatic carbocycles. The highest BCUT2D eigenvalue weighted by molar-refractivity contribution is 6.03. The summed E-state index contributed by atoms with van der Waals surface area (Å²) in [5.41, 5.74) is 1.23. The van der Waals surface area contributed by atoms with E-state index in [0.29, 0.717) is 17.8 Å². The van der Waals surface area contributed by atoms with Gasteiger partial charge in [-0.1, -0.05) is 32.1 Å². The molecule has 2 amide bonds. The minimum absolute atomic E-state index is 0.0453. The first-order chi connectivity index (χ1) is 13.4. The Morgan fingerprint density at radius 2 is 1.89 bits per heavy atom. The fourth-order valence-electron chi connectivity index (χ4n) is 4.98. The number of nitrogens with zero attached hydrogens (tertiary/aromatic N) is 2. The number of carbonyl (C=O) groups is 2. The molecule has 0 aromatic carbocycles. The maximum Gasteiger partial charge on any atom is 0.271 e. The minimum Gasteiger partial charge on any atom is -0.463 e. The van der Waals surface area contributed by atoms with E-state index in [0.717, 1.165) is 31.2 Å².